The van der Waals surface area contributed by atoms with Gasteiger partial charge in [-0.05, 0) is 11.6 Å². The Morgan fingerprint density at radius 1 is 0.838 bits per heavy atom. The van der Waals surface area contributed by atoms with E-state index in [9.17, 15) is 24.0 Å². The summed E-state index contributed by atoms with van der Waals surface area (Å²) >= 11 is 0. The number of hydrogen-bond acceptors (Lipinski definition) is 13. The molecule has 37 heavy (non-hydrogen) atoms. The van der Waals surface area contributed by atoms with Gasteiger partial charge in [0.15, 0.2) is 35.9 Å². The van der Waals surface area contributed by atoms with Crippen molar-refractivity contribution in [2.75, 3.05) is 21.0 Å². The molecule has 0 aromatic heterocycles. The standard InChI is InChI=1S/C23H25NO13/c1-8(25)34-18-13-11-6-12(30-4)16-17(33-7-32-16)14(11)22(28)24-15(13)19(37-23(29)31-5)21(36-10(3)27)20(18)35-9(2)26/h6,13,15,18-21H,7H2,1-5H3,(H,24,28)/t13-,15-,18-,19+,20+,21+/m1/s1. The number of hydrogen-bond donors (Lipinski definition) is 1. The highest BCUT2D eigenvalue weighted by molar-refractivity contribution is 6.02. The van der Waals surface area contributed by atoms with E-state index >= 15 is 0 Å². The third kappa shape index (κ3) is 4.66. The molecule has 1 aromatic rings. The van der Waals surface area contributed by atoms with Crippen LogP contribution in [0, 0.1) is 0 Å². The molecule has 1 amide bonds. The number of amides is 1. The summed E-state index contributed by atoms with van der Waals surface area (Å²) in [6.07, 6.45) is -6.82. The molecule has 1 saturated carbocycles. The molecule has 1 aliphatic carbocycles. The van der Waals surface area contributed by atoms with Gasteiger partial charge in [0.1, 0.15) is 0 Å². The second kappa shape index (κ2) is 10.0. The molecule has 1 N–H and O–H groups in total. The van der Waals surface area contributed by atoms with Crippen molar-refractivity contribution in [3.05, 3.63) is 17.2 Å². The van der Waals surface area contributed by atoms with Crippen LogP contribution in [-0.2, 0) is 38.1 Å². The number of ether oxygens (including phenoxy) is 8. The molecule has 6 atom stereocenters. The fourth-order valence-electron chi connectivity index (χ4n) is 4.95. The highest BCUT2D eigenvalue weighted by atomic mass is 16.7. The summed E-state index contributed by atoms with van der Waals surface area (Å²) < 4.78 is 43.0. The van der Waals surface area contributed by atoms with Gasteiger partial charge in [0.25, 0.3) is 5.91 Å². The van der Waals surface area contributed by atoms with Crippen LogP contribution in [0.2, 0.25) is 0 Å². The fraction of sp³-hybridized carbons (Fsp3) is 0.522. The second-order valence-corrected chi connectivity index (χ2v) is 8.39. The van der Waals surface area contributed by atoms with Crippen LogP contribution in [0.4, 0.5) is 4.79 Å². The van der Waals surface area contributed by atoms with Crippen molar-refractivity contribution in [1.29, 1.82) is 0 Å². The van der Waals surface area contributed by atoms with E-state index in [1.54, 1.807) is 0 Å². The maximum Gasteiger partial charge on any atom is 0.508 e. The average molecular weight is 523 g/mol. The van der Waals surface area contributed by atoms with E-state index in [0.717, 1.165) is 27.9 Å². The van der Waals surface area contributed by atoms with Crippen molar-refractivity contribution in [2.24, 2.45) is 0 Å². The maximum absolute atomic E-state index is 13.4. The number of rotatable bonds is 5. The molecule has 0 radical (unpaired) electrons. The van der Waals surface area contributed by atoms with Crippen molar-refractivity contribution in [3.8, 4) is 17.2 Å². The highest BCUT2D eigenvalue weighted by Crippen LogP contribution is 2.52. The molecule has 2 aliphatic heterocycles. The van der Waals surface area contributed by atoms with Crippen LogP contribution in [0.15, 0.2) is 6.07 Å². The minimum absolute atomic E-state index is 0.0658. The molecule has 4 rings (SSSR count). The Morgan fingerprint density at radius 3 is 1.97 bits per heavy atom. The first kappa shape index (κ1) is 25.9. The lowest BCUT2D eigenvalue weighted by Crippen LogP contribution is -2.69. The summed E-state index contributed by atoms with van der Waals surface area (Å²) in [6, 6.07) is 0.367. The lowest BCUT2D eigenvalue weighted by atomic mass is 9.69. The molecule has 0 spiro atoms. The zero-order chi connectivity index (χ0) is 27.0. The second-order valence-electron chi connectivity index (χ2n) is 8.39. The SMILES string of the molecule is COC(=O)O[C@H]1[C@@H]2NC(=O)c3c(cc(OC)c4c3OCO4)[C@H]2[C@@H](OC(C)=O)[C@H](OC(C)=O)[C@H]1OC(C)=O. The van der Waals surface area contributed by atoms with Crippen molar-refractivity contribution in [3.63, 3.8) is 0 Å². The summed E-state index contributed by atoms with van der Waals surface area (Å²) in [7, 11) is 2.45. The average Bonchev–Trinajstić information content (AvgIpc) is 3.31. The van der Waals surface area contributed by atoms with Crippen LogP contribution in [-0.4, -0.2) is 81.4 Å². The zero-order valence-electron chi connectivity index (χ0n) is 20.6. The van der Waals surface area contributed by atoms with E-state index in [1.165, 1.54) is 13.2 Å². The van der Waals surface area contributed by atoms with Gasteiger partial charge in [-0.2, -0.15) is 0 Å². The Hall–Kier alpha value is -4.23. The molecule has 14 nitrogen and oxygen atoms in total. The molecular weight excluding hydrogens is 498 g/mol. The monoisotopic (exact) mass is 523 g/mol. The molecule has 14 heteroatoms. The first-order chi connectivity index (χ1) is 17.6. The van der Waals surface area contributed by atoms with Gasteiger partial charge in [0.2, 0.25) is 12.5 Å². The van der Waals surface area contributed by atoms with Gasteiger partial charge in [-0.1, -0.05) is 0 Å². The Balaban J connectivity index is 1.96. The number of carbonyl (C=O) groups excluding carboxylic acids is 5. The first-order valence-electron chi connectivity index (χ1n) is 11.1. The lowest BCUT2D eigenvalue weighted by molar-refractivity contribution is -0.212. The van der Waals surface area contributed by atoms with Gasteiger partial charge >= 0.3 is 24.1 Å². The van der Waals surface area contributed by atoms with E-state index in [-0.39, 0.29) is 35.2 Å². The third-order valence-corrected chi connectivity index (χ3v) is 6.11. The van der Waals surface area contributed by atoms with Crippen LogP contribution in [0.3, 0.4) is 0 Å². The van der Waals surface area contributed by atoms with Crippen molar-refractivity contribution >= 4 is 30.0 Å². The molecule has 2 heterocycles. The number of benzene rings is 1. The first-order valence-corrected chi connectivity index (χ1v) is 11.1. The van der Waals surface area contributed by atoms with E-state index < -0.39 is 66.3 Å². The molecule has 200 valence electrons. The Morgan fingerprint density at radius 2 is 1.41 bits per heavy atom. The van der Waals surface area contributed by atoms with E-state index in [2.05, 4.69) is 10.1 Å². The van der Waals surface area contributed by atoms with Gasteiger partial charge in [-0.25, -0.2) is 4.79 Å². The van der Waals surface area contributed by atoms with Gasteiger partial charge in [0.05, 0.1) is 31.7 Å². The maximum atomic E-state index is 13.4. The smallest absolute Gasteiger partial charge is 0.493 e. The molecular formula is C23H25NO13. The third-order valence-electron chi connectivity index (χ3n) is 6.11. The summed E-state index contributed by atoms with van der Waals surface area (Å²) in [6.45, 7) is 3.17. The molecule has 0 bridgehead atoms. The molecule has 0 saturated heterocycles. The minimum Gasteiger partial charge on any atom is -0.493 e. The van der Waals surface area contributed by atoms with Gasteiger partial charge in [-0.3, -0.25) is 19.2 Å². The van der Waals surface area contributed by atoms with Crippen LogP contribution in [0.1, 0.15) is 42.6 Å². The normalized spacial score (nSPS) is 27.0. The number of methoxy groups -OCH3 is 2. The zero-order valence-corrected chi connectivity index (χ0v) is 20.6. The summed E-state index contributed by atoms with van der Waals surface area (Å²) in [5.74, 6) is -3.46. The van der Waals surface area contributed by atoms with Gasteiger partial charge < -0.3 is 43.2 Å². The summed E-state index contributed by atoms with van der Waals surface area (Å²) in [5.41, 5.74) is 0.342. The number of carbonyl (C=O) groups is 5. The summed E-state index contributed by atoms with van der Waals surface area (Å²) in [4.78, 5) is 61.9. The van der Waals surface area contributed by atoms with Gasteiger partial charge in [-0.15, -0.1) is 0 Å². The minimum atomic E-state index is -1.48. The molecule has 0 unspecified atom stereocenters. The van der Waals surface area contributed by atoms with Crippen LogP contribution in [0.25, 0.3) is 0 Å². The van der Waals surface area contributed by atoms with E-state index in [1.807, 2.05) is 0 Å². The largest absolute Gasteiger partial charge is 0.508 e. The van der Waals surface area contributed by atoms with Crippen molar-refractivity contribution in [1.82, 2.24) is 5.32 Å². The fourth-order valence-corrected chi connectivity index (χ4v) is 4.95. The molecule has 1 aromatic carbocycles. The Kier molecular flexibility index (Phi) is 7.01. The Labute approximate surface area is 210 Å². The van der Waals surface area contributed by atoms with Crippen LogP contribution >= 0.6 is 0 Å². The quantitative estimate of drug-likeness (QED) is 0.420. The predicted octanol–water partition coefficient (Wildman–Crippen LogP) is 0.580. The summed E-state index contributed by atoms with van der Waals surface area (Å²) in [5, 5.41) is 2.73. The predicted molar refractivity (Wildman–Crippen MR) is 117 cm³/mol. The van der Waals surface area contributed by atoms with Crippen molar-refractivity contribution in [2.45, 2.75) is 57.1 Å². The van der Waals surface area contributed by atoms with Crippen LogP contribution in [0.5, 0.6) is 17.2 Å². The van der Waals surface area contributed by atoms with E-state index in [4.69, 9.17) is 33.2 Å². The molecule has 1 fully saturated rings. The number of fused-ring (bicyclic) bond motifs is 5. The highest BCUT2D eigenvalue weighted by Gasteiger charge is 2.61. The molecule has 3 aliphatic rings. The topological polar surface area (TPSA) is 171 Å². The Bertz CT molecular complexity index is 1150. The van der Waals surface area contributed by atoms with Gasteiger partial charge in [0, 0.05) is 20.8 Å². The van der Waals surface area contributed by atoms with Crippen molar-refractivity contribution < 1.29 is 61.9 Å². The number of esters is 3. The van der Waals surface area contributed by atoms with E-state index in [0.29, 0.717) is 0 Å². The van der Waals surface area contributed by atoms with Crippen LogP contribution < -0.4 is 19.5 Å². The number of nitrogens with one attached hydrogen (secondary N) is 1. The lowest BCUT2D eigenvalue weighted by Gasteiger charge is -2.50.